The molecule has 3 atom stereocenters. The molecule has 2 heterocycles. The van der Waals surface area contributed by atoms with E-state index in [1.165, 1.54) is 6.20 Å². The van der Waals surface area contributed by atoms with Crippen LogP contribution in [0.2, 0.25) is 0 Å². The lowest BCUT2D eigenvalue weighted by Crippen LogP contribution is -2.37. The molecule has 0 aromatic carbocycles. The van der Waals surface area contributed by atoms with Crippen molar-refractivity contribution in [3.63, 3.8) is 0 Å². The van der Waals surface area contributed by atoms with Gasteiger partial charge in [-0.2, -0.15) is 0 Å². The van der Waals surface area contributed by atoms with Crippen molar-refractivity contribution in [1.82, 2.24) is 9.78 Å². The number of ether oxygens (including phenoxy) is 1. The van der Waals surface area contributed by atoms with Gasteiger partial charge >= 0.3 is 11.7 Å². The molecule has 132 valence electrons. The van der Waals surface area contributed by atoms with Crippen LogP contribution in [0, 0.1) is 22.0 Å². The molecule has 2 fully saturated rings. The fourth-order valence-electron chi connectivity index (χ4n) is 3.66. The summed E-state index contributed by atoms with van der Waals surface area (Å²) < 4.78 is 6.96. The Balaban J connectivity index is 1.81. The van der Waals surface area contributed by atoms with E-state index in [-0.39, 0.29) is 23.6 Å². The predicted molar refractivity (Wildman–Crippen MR) is 85.1 cm³/mol. The molecule has 1 saturated heterocycles. The number of hydrogen-bond donors (Lipinski definition) is 1. The molecule has 2 aliphatic rings. The molecule has 3 rings (SSSR count). The third-order valence-electron chi connectivity index (χ3n) is 5.03. The quantitative estimate of drug-likeness (QED) is 0.657. The molecule has 1 aliphatic carbocycles. The van der Waals surface area contributed by atoms with Crippen LogP contribution in [0.5, 0.6) is 0 Å². The Kier molecular flexibility index (Phi) is 4.70. The van der Waals surface area contributed by atoms with Crippen molar-refractivity contribution >= 4 is 17.5 Å². The van der Waals surface area contributed by atoms with Crippen LogP contribution in [0.25, 0.3) is 0 Å². The van der Waals surface area contributed by atoms with Crippen molar-refractivity contribution in [2.45, 2.75) is 32.2 Å². The number of aliphatic carboxylic acids is 1. The van der Waals surface area contributed by atoms with Gasteiger partial charge in [0.25, 0.3) is 0 Å². The molecule has 1 N–H and O–H groups in total. The minimum atomic E-state index is -0.763. The van der Waals surface area contributed by atoms with E-state index in [4.69, 9.17) is 4.74 Å². The van der Waals surface area contributed by atoms with Crippen LogP contribution in [-0.4, -0.2) is 52.1 Å². The average molecular weight is 338 g/mol. The van der Waals surface area contributed by atoms with Crippen LogP contribution < -0.4 is 4.90 Å². The van der Waals surface area contributed by atoms with Gasteiger partial charge < -0.3 is 14.7 Å². The van der Waals surface area contributed by atoms with Gasteiger partial charge in [-0.15, -0.1) is 5.10 Å². The van der Waals surface area contributed by atoms with E-state index in [0.717, 1.165) is 0 Å². The van der Waals surface area contributed by atoms with Gasteiger partial charge in [0.15, 0.2) is 0 Å². The maximum absolute atomic E-state index is 11.4. The van der Waals surface area contributed by atoms with Gasteiger partial charge in [0.05, 0.1) is 30.1 Å². The molecule has 0 radical (unpaired) electrons. The van der Waals surface area contributed by atoms with Crippen molar-refractivity contribution in [3.8, 4) is 0 Å². The monoisotopic (exact) mass is 338 g/mol. The summed E-state index contributed by atoms with van der Waals surface area (Å²) in [6.45, 7) is 4.15. The largest absolute Gasteiger partial charge is 0.481 e. The smallest absolute Gasteiger partial charge is 0.330 e. The van der Waals surface area contributed by atoms with Gasteiger partial charge in [0, 0.05) is 13.1 Å². The van der Waals surface area contributed by atoms with Crippen LogP contribution in [0.15, 0.2) is 6.20 Å². The van der Waals surface area contributed by atoms with E-state index < -0.39 is 10.9 Å². The third-order valence-corrected chi connectivity index (χ3v) is 5.03. The highest BCUT2D eigenvalue weighted by molar-refractivity contribution is 5.70. The second kappa shape index (κ2) is 6.76. The van der Waals surface area contributed by atoms with E-state index in [9.17, 15) is 20.0 Å². The Morgan fingerprint density at radius 3 is 2.71 bits per heavy atom. The lowest BCUT2D eigenvalue weighted by molar-refractivity contribution is -0.384. The summed E-state index contributed by atoms with van der Waals surface area (Å²) in [6, 6.07) is 0.00379. The van der Waals surface area contributed by atoms with Gasteiger partial charge in [0.1, 0.15) is 6.20 Å². The number of carboxylic acid groups (broad SMARTS) is 1. The van der Waals surface area contributed by atoms with E-state index in [2.05, 4.69) is 5.10 Å². The molecule has 1 aliphatic heterocycles. The normalized spacial score (nSPS) is 27.9. The zero-order chi connectivity index (χ0) is 17.3. The average Bonchev–Trinajstić information content (AvgIpc) is 3.01. The van der Waals surface area contributed by atoms with E-state index in [1.807, 2.05) is 11.8 Å². The lowest BCUT2D eigenvalue weighted by Gasteiger charge is -2.31. The molecule has 0 amide bonds. The van der Waals surface area contributed by atoms with Gasteiger partial charge in [-0.1, -0.05) is 6.92 Å². The molecule has 0 bridgehead atoms. The van der Waals surface area contributed by atoms with Crippen molar-refractivity contribution in [3.05, 3.63) is 16.3 Å². The maximum atomic E-state index is 11.4. The summed E-state index contributed by atoms with van der Waals surface area (Å²) in [6.07, 6.45) is 3.39. The summed E-state index contributed by atoms with van der Waals surface area (Å²) >= 11 is 0. The standard InChI is InChI=1S/C15H22N4O5/c1-10-8-11(2-3-12(10)15(20)21)18-9-13(19(22)23)14(16-18)17-4-6-24-7-5-17/h9-12H,2-8H2,1H3,(H,20,21). The van der Waals surface area contributed by atoms with E-state index in [1.54, 1.807) is 4.68 Å². The first kappa shape index (κ1) is 16.7. The number of nitrogens with zero attached hydrogens (tertiary/aromatic N) is 4. The third kappa shape index (κ3) is 3.21. The molecule has 1 aromatic heterocycles. The molecule has 1 aromatic rings. The summed E-state index contributed by atoms with van der Waals surface area (Å²) in [7, 11) is 0. The fourth-order valence-corrected chi connectivity index (χ4v) is 3.66. The highest BCUT2D eigenvalue weighted by Crippen LogP contribution is 2.38. The topological polar surface area (TPSA) is 111 Å². The summed E-state index contributed by atoms with van der Waals surface area (Å²) in [5.41, 5.74) is 0.00455. The van der Waals surface area contributed by atoms with Crippen LogP contribution >= 0.6 is 0 Å². The van der Waals surface area contributed by atoms with E-state index >= 15 is 0 Å². The van der Waals surface area contributed by atoms with Gasteiger partial charge in [-0.3, -0.25) is 19.6 Å². The first-order valence-electron chi connectivity index (χ1n) is 8.26. The Morgan fingerprint density at radius 1 is 1.42 bits per heavy atom. The second-order valence-electron chi connectivity index (χ2n) is 6.56. The Labute approximate surface area is 139 Å². The number of nitro groups is 1. The van der Waals surface area contributed by atoms with Crippen LogP contribution in [-0.2, 0) is 9.53 Å². The van der Waals surface area contributed by atoms with Gasteiger partial charge in [0.2, 0.25) is 5.82 Å². The minimum absolute atomic E-state index is 0.00379. The first-order valence-corrected chi connectivity index (χ1v) is 8.26. The number of rotatable bonds is 4. The second-order valence-corrected chi connectivity index (χ2v) is 6.56. The molecule has 3 unspecified atom stereocenters. The summed E-state index contributed by atoms with van der Waals surface area (Å²) in [5, 5.41) is 25.1. The van der Waals surface area contributed by atoms with Gasteiger partial charge in [-0.25, -0.2) is 0 Å². The highest BCUT2D eigenvalue weighted by Gasteiger charge is 2.35. The summed E-state index contributed by atoms with van der Waals surface area (Å²) in [5.74, 6) is -0.695. The first-order chi connectivity index (χ1) is 11.5. The molecule has 1 saturated carbocycles. The Hall–Kier alpha value is -2.16. The molecular formula is C15H22N4O5. The van der Waals surface area contributed by atoms with Crippen LogP contribution in [0.3, 0.4) is 0 Å². The number of morpholine rings is 1. The molecule has 9 nitrogen and oxygen atoms in total. The number of anilines is 1. The van der Waals surface area contributed by atoms with Crippen molar-refractivity contribution < 1.29 is 19.6 Å². The number of aromatic nitrogens is 2. The van der Waals surface area contributed by atoms with Crippen molar-refractivity contribution in [2.24, 2.45) is 11.8 Å². The number of carboxylic acids is 1. The maximum Gasteiger partial charge on any atom is 0.330 e. The Morgan fingerprint density at radius 2 is 2.12 bits per heavy atom. The number of carbonyl (C=O) groups is 1. The molecule has 24 heavy (non-hydrogen) atoms. The number of hydrogen-bond acceptors (Lipinski definition) is 6. The SMILES string of the molecule is CC1CC(n2cc([N+](=O)[O-])c(N3CCOCC3)n2)CCC1C(=O)O. The zero-order valence-corrected chi connectivity index (χ0v) is 13.6. The van der Waals surface area contributed by atoms with Crippen LogP contribution in [0.1, 0.15) is 32.2 Å². The summed E-state index contributed by atoms with van der Waals surface area (Å²) in [4.78, 5) is 24.1. The van der Waals surface area contributed by atoms with E-state index in [0.29, 0.717) is 51.4 Å². The Bertz CT molecular complexity index is 625. The zero-order valence-electron chi connectivity index (χ0n) is 13.6. The molecule has 0 spiro atoms. The van der Waals surface area contributed by atoms with Crippen molar-refractivity contribution in [2.75, 3.05) is 31.2 Å². The highest BCUT2D eigenvalue weighted by atomic mass is 16.6. The molecular weight excluding hydrogens is 316 g/mol. The fraction of sp³-hybridized carbons (Fsp3) is 0.733. The van der Waals surface area contributed by atoms with Crippen LogP contribution in [0.4, 0.5) is 11.5 Å². The van der Waals surface area contributed by atoms with Gasteiger partial charge in [-0.05, 0) is 25.2 Å². The minimum Gasteiger partial charge on any atom is -0.481 e. The predicted octanol–water partition coefficient (Wildman–Crippen LogP) is 1.69. The van der Waals surface area contributed by atoms with Crippen molar-refractivity contribution in [1.29, 1.82) is 0 Å². The molecule has 9 heteroatoms. The lowest BCUT2D eigenvalue weighted by atomic mass is 9.78.